The Morgan fingerprint density at radius 1 is 1.30 bits per heavy atom. The highest BCUT2D eigenvalue weighted by Crippen LogP contribution is 2.26. The van der Waals surface area contributed by atoms with Crippen LogP contribution in [0.15, 0.2) is 23.1 Å². The van der Waals surface area contributed by atoms with Crippen molar-refractivity contribution in [1.29, 1.82) is 0 Å². The van der Waals surface area contributed by atoms with E-state index in [1.807, 2.05) is 13.8 Å². The Morgan fingerprint density at radius 2 is 1.90 bits per heavy atom. The number of nitrogens with one attached hydrogen (secondary N) is 1. The quantitative estimate of drug-likeness (QED) is 0.837. The topological polar surface area (TPSA) is 72.2 Å². The number of rotatable bonds is 6. The van der Waals surface area contributed by atoms with E-state index in [2.05, 4.69) is 4.72 Å². The van der Waals surface area contributed by atoms with Crippen molar-refractivity contribution >= 4 is 33.2 Å². The van der Waals surface area contributed by atoms with Crippen LogP contribution in [0, 0.1) is 5.92 Å². The molecule has 1 atom stereocenters. The standard InChI is InChI=1S/C13H20Cl2N2O2S/c1-9(2)7-13(3,8-16)17-20(18,19)10-4-5-11(14)12(15)6-10/h4-6,9,17H,7-8,16H2,1-3H3. The van der Waals surface area contributed by atoms with Gasteiger partial charge >= 0.3 is 0 Å². The number of hydrogen-bond donors (Lipinski definition) is 2. The fraction of sp³-hybridized carbons (Fsp3) is 0.538. The van der Waals surface area contributed by atoms with Crippen molar-refractivity contribution in [3.63, 3.8) is 0 Å². The molecule has 0 aliphatic heterocycles. The normalized spacial score (nSPS) is 15.3. The molecule has 114 valence electrons. The van der Waals surface area contributed by atoms with Crippen molar-refractivity contribution in [1.82, 2.24) is 4.72 Å². The van der Waals surface area contributed by atoms with Gasteiger partial charge in [0.25, 0.3) is 0 Å². The summed E-state index contributed by atoms with van der Waals surface area (Å²) in [6.45, 7) is 6.04. The number of sulfonamides is 1. The minimum atomic E-state index is -3.69. The van der Waals surface area contributed by atoms with Crippen LogP contribution in [0.3, 0.4) is 0 Å². The molecule has 0 aliphatic rings. The number of benzene rings is 1. The Hall–Kier alpha value is -0.330. The minimum absolute atomic E-state index is 0.0790. The third-order valence-electron chi connectivity index (χ3n) is 2.89. The van der Waals surface area contributed by atoms with Gasteiger partial charge in [-0.3, -0.25) is 0 Å². The van der Waals surface area contributed by atoms with Crippen molar-refractivity contribution < 1.29 is 8.42 Å². The van der Waals surface area contributed by atoms with Gasteiger partial charge < -0.3 is 5.73 Å². The predicted octanol–water partition coefficient (Wildman–Crippen LogP) is 3.04. The van der Waals surface area contributed by atoms with E-state index in [-0.39, 0.29) is 16.5 Å². The van der Waals surface area contributed by atoms with E-state index in [4.69, 9.17) is 28.9 Å². The molecule has 1 aromatic carbocycles. The summed E-state index contributed by atoms with van der Waals surface area (Å²) in [5.41, 5.74) is 5.03. The first-order valence-corrected chi connectivity index (χ1v) is 8.52. The Morgan fingerprint density at radius 3 is 2.35 bits per heavy atom. The third-order valence-corrected chi connectivity index (χ3v) is 5.27. The van der Waals surface area contributed by atoms with Gasteiger partial charge in [-0.25, -0.2) is 13.1 Å². The predicted molar refractivity (Wildman–Crippen MR) is 83.7 cm³/mol. The summed E-state index contributed by atoms with van der Waals surface area (Å²) in [6.07, 6.45) is 0.643. The first kappa shape index (κ1) is 17.7. The Kier molecular flexibility index (Phi) is 5.87. The van der Waals surface area contributed by atoms with Crippen molar-refractivity contribution in [2.75, 3.05) is 6.54 Å². The number of nitrogens with two attached hydrogens (primary N) is 1. The second kappa shape index (κ2) is 6.62. The van der Waals surface area contributed by atoms with Gasteiger partial charge in [0.1, 0.15) is 0 Å². The lowest BCUT2D eigenvalue weighted by Crippen LogP contribution is -2.51. The summed E-state index contributed by atoms with van der Waals surface area (Å²) in [6, 6.07) is 4.21. The lowest BCUT2D eigenvalue weighted by atomic mass is 9.92. The molecule has 0 saturated heterocycles. The monoisotopic (exact) mass is 338 g/mol. The van der Waals surface area contributed by atoms with E-state index in [1.165, 1.54) is 18.2 Å². The molecule has 0 spiro atoms. The summed E-state index contributed by atoms with van der Waals surface area (Å²) < 4.78 is 27.4. The molecule has 0 bridgehead atoms. The molecule has 3 N–H and O–H groups in total. The molecule has 0 aromatic heterocycles. The summed E-state index contributed by atoms with van der Waals surface area (Å²) in [5.74, 6) is 0.319. The van der Waals surface area contributed by atoms with E-state index < -0.39 is 15.6 Å². The molecule has 0 fully saturated rings. The Balaban J connectivity index is 3.07. The molecule has 20 heavy (non-hydrogen) atoms. The van der Waals surface area contributed by atoms with Gasteiger partial charge in [0, 0.05) is 12.1 Å². The zero-order valence-corrected chi connectivity index (χ0v) is 14.1. The van der Waals surface area contributed by atoms with Gasteiger partial charge in [-0.15, -0.1) is 0 Å². The Labute approximate surface area is 130 Å². The van der Waals surface area contributed by atoms with Gasteiger partial charge in [0.2, 0.25) is 10.0 Å². The molecule has 0 radical (unpaired) electrons. The highest BCUT2D eigenvalue weighted by atomic mass is 35.5. The number of halogens is 2. The molecule has 4 nitrogen and oxygen atoms in total. The molecule has 0 amide bonds. The zero-order chi connectivity index (χ0) is 15.6. The van der Waals surface area contributed by atoms with Crippen LogP contribution in [0.5, 0.6) is 0 Å². The smallest absolute Gasteiger partial charge is 0.241 e. The van der Waals surface area contributed by atoms with E-state index in [0.29, 0.717) is 17.4 Å². The summed E-state index contributed by atoms with van der Waals surface area (Å²) in [5, 5.41) is 0.516. The van der Waals surface area contributed by atoms with E-state index in [1.54, 1.807) is 6.92 Å². The van der Waals surface area contributed by atoms with Crippen LogP contribution in [0.25, 0.3) is 0 Å². The minimum Gasteiger partial charge on any atom is -0.329 e. The second-order valence-corrected chi connectivity index (χ2v) is 8.04. The second-order valence-electron chi connectivity index (χ2n) is 5.54. The van der Waals surface area contributed by atoms with Crippen LogP contribution in [-0.2, 0) is 10.0 Å². The number of hydrogen-bond acceptors (Lipinski definition) is 3. The van der Waals surface area contributed by atoms with Crippen LogP contribution in [-0.4, -0.2) is 20.5 Å². The molecule has 0 heterocycles. The molecule has 7 heteroatoms. The maximum Gasteiger partial charge on any atom is 0.241 e. The fourth-order valence-electron chi connectivity index (χ4n) is 2.10. The molecule has 1 rings (SSSR count). The van der Waals surface area contributed by atoms with Gasteiger partial charge in [-0.2, -0.15) is 0 Å². The van der Waals surface area contributed by atoms with Gasteiger partial charge in [0.15, 0.2) is 0 Å². The SMILES string of the molecule is CC(C)CC(C)(CN)NS(=O)(=O)c1ccc(Cl)c(Cl)c1. The van der Waals surface area contributed by atoms with Gasteiger partial charge in [0.05, 0.1) is 14.9 Å². The molecule has 0 saturated carbocycles. The zero-order valence-electron chi connectivity index (χ0n) is 11.8. The van der Waals surface area contributed by atoms with Crippen LogP contribution >= 0.6 is 23.2 Å². The summed E-state index contributed by atoms with van der Waals surface area (Å²) >= 11 is 11.7. The van der Waals surface area contributed by atoms with E-state index in [9.17, 15) is 8.42 Å². The molecule has 1 unspecified atom stereocenters. The maximum atomic E-state index is 12.4. The first-order chi connectivity index (χ1) is 9.09. The first-order valence-electron chi connectivity index (χ1n) is 6.29. The average molecular weight is 339 g/mol. The van der Waals surface area contributed by atoms with Crippen LogP contribution < -0.4 is 10.5 Å². The van der Waals surface area contributed by atoms with E-state index >= 15 is 0 Å². The molecule has 0 aliphatic carbocycles. The molecule has 1 aromatic rings. The van der Waals surface area contributed by atoms with Crippen molar-refractivity contribution in [3.05, 3.63) is 28.2 Å². The lowest BCUT2D eigenvalue weighted by molar-refractivity contribution is 0.344. The lowest BCUT2D eigenvalue weighted by Gasteiger charge is -2.30. The van der Waals surface area contributed by atoms with Crippen LogP contribution in [0.1, 0.15) is 27.2 Å². The van der Waals surface area contributed by atoms with Gasteiger partial charge in [-0.1, -0.05) is 37.0 Å². The van der Waals surface area contributed by atoms with Crippen molar-refractivity contribution in [2.45, 2.75) is 37.6 Å². The van der Waals surface area contributed by atoms with E-state index in [0.717, 1.165) is 0 Å². The van der Waals surface area contributed by atoms with Crippen LogP contribution in [0.2, 0.25) is 10.0 Å². The largest absolute Gasteiger partial charge is 0.329 e. The van der Waals surface area contributed by atoms with Gasteiger partial charge in [-0.05, 0) is 37.5 Å². The molecular formula is C13H20Cl2N2O2S. The summed E-state index contributed by atoms with van der Waals surface area (Å²) in [4.78, 5) is 0.0790. The fourth-order valence-corrected chi connectivity index (χ4v) is 3.91. The Bertz CT molecular complexity index is 576. The average Bonchev–Trinajstić information content (AvgIpc) is 2.30. The van der Waals surface area contributed by atoms with Crippen molar-refractivity contribution in [3.8, 4) is 0 Å². The highest BCUT2D eigenvalue weighted by Gasteiger charge is 2.30. The molecular weight excluding hydrogens is 319 g/mol. The maximum absolute atomic E-state index is 12.4. The summed E-state index contributed by atoms with van der Waals surface area (Å²) in [7, 11) is -3.69. The van der Waals surface area contributed by atoms with Crippen molar-refractivity contribution in [2.24, 2.45) is 11.7 Å². The third kappa shape index (κ3) is 4.60. The van der Waals surface area contributed by atoms with Crippen LogP contribution in [0.4, 0.5) is 0 Å². The highest BCUT2D eigenvalue weighted by molar-refractivity contribution is 7.89.